The average molecular weight is 297 g/mol. The van der Waals surface area contributed by atoms with Crippen LogP contribution >= 0.6 is 0 Å². The number of anilines is 1. The second-order valence-corrected chi connectivity index (χ2v) is 5.15. The number of hydrogen-bond donors (Lipinski definition) is 0. The largest absolute Gasteiger partial charge is 0.338 e. The molecule has 3 aromatic rings. The summed E-state index contributed by atoms with van der Waals surface area (Å²) >= 11 is 0. The molecule has 7 heteroatoms. The number of hydrogen-bond acceptors (Lipinski definition) is 5. The van der Waals surface area contributed by atoms with Gasteiger partial charge in [0.05, 0.1) is 11.9 Å². The fraction of sp³-hybridized carbons (Fsp3) is 0.333. The molecule has 0 amide bonds. The molecule has 0 aliphatic heterocycles. The molecular formula is C15H19N7. The molecule has 0 fully saturated rings. The van der Waals surface area contributed by atoms with E-state index in [1.165, 1.54) is 11.3 Å². The van der Waals surface area contributed by atoms with Crippen molar-refractivity contribution in [2.45, 2.75) is 26.9 Å². The highest BCUT2D eigenvalue weighted by Gasteiger charge is 2.15. The molecule has 3 rings (SSSR count). The van der Waals surface area contributed by atoms with E-state index in [4.69, 9.17) is 0 Å². The number of benzene rings is 1. The second-order valence-electron chi connectivity index (χ2n) is 5.15. The van der Waals surface area contributed by atoms with Crippen molar-refractivity contribution >= 4 is 5.95 Å². The van der Waals surface area contributed by atoms with E-state index >= 15 is 0 Å². The number of nitrogens with zero attached hydrogens (tertiary/aromatic N) is 7. The molecule has 0 radical (unpaired) electrons. The molecule has 0 bridgehead atoms. The van der Waals surface area contributed by atoms with Crippen LogP contribution in [0, 0.1) is 6.92 Å². The third-order valence-electron chi connectivity index (χ3n) is 3.71. The Morgan fingerprint density at radius 2 is 1.95 bits per heavy atom. The number of rotatable bonds is 5. The topological polar surface area (TPSA) is 64.7 Å². The molecule has 114 valence electrons. The number of tetrazole rings is 1. The van der Waals surface area contributed by atoms with Crippen molar-refractivity contribution < 1.29 is 0 Å². The van der Waals surface area contributed by atoms with Gasteiger partial charge in [0.2, 0.25) is 5.95 Å². The smallest absolute Gasteiger partial charge is 0.250 e. The third-order valence-corrected chi connectivity index (χ3v) is 3.71. The molecule has 22 heavy (non-hydrogen) atoms. The molecule has 0 unspecified atom stereocenters. The van der Waals surface area contributed by atoms with Crippen LogP contribution in [0.4, 0.5) is 5.95 Å². The first-order chi connectivity index (χ1) is 10.7. The SMILES string of the molecule is CCn1ncc(CN(C)c2nnnn2-c2ccccc2)c1C. The van der Waals surface area contributed by atoms with Crippen LogP contribution in [0.5, 0.6) is 0 Å². The van der Waals surface area contributed by atoms with Gasteiger partial charge < -0.3 is 4.90 Å². The third kappa shape index (κ3) is 2.57. The van der Waals surface area contributed by atoms with Crippen LogP contribution in [0.2, 0.25) is 0 Å². The van der Waals surface area contributed by atoms with Gasteiger partial charge >= 0.3 is 0 Å². The van der Waals surface area contributed by atoms with Gasteiger partial charge in [-0.1, -0.05) is 23.3 Å². The maximum absolute atomic E-state index is 4.38. The maximum Gasteiger partial charge on any atom is 0.250 e. The van der Waals surface area contributed by atoms with E-state index in [2.05, 4.69) is 34.5 Å². The Hall–Kier alpha value is -2.70. The first-order valence-corrected chi connectivity index (χ1v) is 7.27. The molecule has 0 N–H and O–H groups in total. The van der Waals surface area contributed by atoms with Crippen LogP contribution in [0.1, 0.15) is 18.2 Å². The van der Waals surface area contributed by atoms with Crippen molar-refractivity contribution in [1.29, 1.82) is 0 Å². The van der Waals surface area contributed by atoms with Gasteiger partial charge in [0.1, 0.15) is 0 Å². The molecule has 0 aliphatic carbocycles. The number of aromatic nitrogens is 6. The highest BCUT2D eigenvalue weighted by molar-refractivity contribution is 5.40. The molecule has 0 saturated carbocycles. The second kappa shape index (κ2) is 5.97. The van der Waals surface area contributed by atoms with Gasteiger partial charge in [-0.2, -0.15) is 9.78 Å². The molecule has 0 aliphatic rings. The van der Waals surface area contributed by atoms with E-state index in [9.17, 15) is 0 Å². The first kappa shape index (κ1) is 14.2. The summed E-state index contributed by atoms with van der Waals surface area (Å²) in [4.78, 5) is 2.02. The first-order valence-electron chi connectivity index (χ1n) is 7.27. The zero-order valence-corrected chi connectivity index (χ0v) is 13.0. The van der Waals surface area contributed by atoms with Gasteiger partial charge in [-0.05, 0) is 36.4 Å². The minimum absolute atomic E-state index is 0.704. The Bertz CT molecular complexity index is 744. The Balaban J connectivity index is 1.86. The van der Waals surface area contributed by atoms with Crippen molar-refractivity contribution in [3.63, 3.8) is 0 Å². The van der Waals surface area contributed by atoms with Crippen molar-refractivity contribution in [2.24, 2.45) is 0 Å². The van der Waals surface area contributed by atoms with Crippen LogP contribution < -0.4 is 4.90 Å². The van der Waals surface area contributed by atoms with Crippen molar-refractivity contribution in [2.75, 3.05) is 11.9 Å². The normalized spacial score (nSPS) is 10.9. The molecule has 0 spiro atoms. The Labute approximate surface area is 129 Å². The van der Waals surface area contributed by atoms with E-state index in [1.54, 1.807) is 4.68 Å². The van der Waals surface area contributed by atoms with Gasteiger partial charge in [-0.15, -0.1) is 0 Å². The minimum Gasteiger partial charge on any atom is -0.338 e. The summed E-state index contributed by atoms with van der Waals surface area (Å²) in [5, 5.41) is 16.4. The number of para-hydroxylation sites is 1. The lowest BCUT2D eigenvalue weighted by molar-refractivity contribution is 0.637. The van der Waals surface area contributed by atoms with Crippen molar-refractivity contribution in [3.8, 4) is 5.69 Å². The lowest BCUT2D eigenvalue weighted by Gasteiger charge is -2.17. The average Bonchev–Trinajstić information content (AvgIpc) is 3.16. The number of aryl methyl sites for hydroxylation is 1. The summed E-state index contributed by atoms with van der Waals surface area (Å²) in [5.41, 5.74) is 3.29. The maximum atomic E-state index is 4.38. The monoisotopic (exact) mass is 297 g/mol. The Kier molecular flexibility index (Phi) is 3.86. The quantitative estimate of drug-likeness (QED) is 0.719. The summed E-state index contributed by atoms with van der Waals surface area (Å²) in [5.74, 6) is 0.704. The van der Waals surface area contributed by atoms with Gasteiger partial charge in [0.25, 0.3) is 0 Å². The predicted octanol–water partition coefficient (Wildman–Crippen LogP) is 1.82. The zero-order valence-electron chi connectivity index (χ0n) is 13.0. The van der Waals surface area contributed by atoms with Crippen molar-refractivity contribution in [3.05, 3.63) is 47.8 Å². The molecule has 0 atom stereocenters. The fourth-order valence-electron chi connectivity index (χ4n) is 2.44. The summed E-state index contributed by atoms with van der Waals surface area (Å²) < 4.78 is 3.73. The van der Waals surface area contributed by atoms with Gasteiger partial charge in [-0.25, -0.2) is 0 Å². The van der Waals surface area contributed by atoms with E-state index in [0.717, 1.165) is 12.2 Å². The Morgan fingerprint density at radius 3 is 2.64 bits per heavy atom. The lowest BCUT2D eigenvalue weighted by Crippen LogP contribution is -2.21. The summed E-state index contributed by atoms with van der Waals surface area (Å²) in [6.07, 6.45) is 1.91. The lowest BCUT2D eigenvalue weighted by atomic mass is 10.2. The molecule has 2 heterocycles. The van der Waals surface area contributed by atoms with E-state index in [1.807, 2.05) is 53.2 Å². The molecule has 1 aromatic carbocycles. The molecule has 0 saturated heterocycles. The van der Waals surface area contributed by atoms with Gasteiger partial charge in [0, 0.05) is 31.4 Å². The minimum atomic E-state index is 0.704. The zero-order chi connectivity index (χ0) is 15.5. The van der Waals surface area contributed by atoms with Gasteiger partial charge in [-0.3, -0.25) is 4.68 Å². The highest BCUT2D eigenvalue weighted by Crippen LogP contribution is 2.17. The van der Waals surface area contributed by atoms with Crippen LogP contribution in [0.3, 0.4) is 0 Å². The summed E-state index contributed by atoms with van der Waals surface area (Å²) in [7, 11) is 1.98. The molecule has 2 aromatic heterocycles. The molecular weight excluding hydrogens is 278 g/mol. The Morgan fingerprint density at radius 1 is 1.18 bits per heavy atom. The fourth-order valence-corrected chi connectivity index (χ4v) is 2.44. The van der Waals surface area contributed by atoms with E-state index in [-0.39, 0.29) is 0 Å². The van der Waals surface area contributed by atoms with Gasteiger partial charge in [0.15, 0.2) is 0 Å². The summed E-state index contributed by atoms with van der Waals surface area (Å²) in [6.45, 7) is 5.75. The predicted molar refractivity (Wildman–Crippen MR) is 83.9 cm³/mol. The van der Waals surface area contributed by atoms with E-state index in [0.29, 0.717) is 12.5 Å². The van der Waals surface area contributed by atoms with Crippen LogP contribution in [-0.4, -0.2) is 37.0 Å². The molecule has 7 nitrogen and oxygen atoms in total. The standard InChI is InChI=1S/C15H19N7/c1-4-21-12(2)13(10-16-21)11-20(3)15-17-18-19-22(15)14-8-6-5-7-9-14/h5-10H,4,11H2,1-3H3. The highest BCUT2D eigenvalue weighted by atomic mass is 15.6. The van der Waals surface area contributed by atoms with E-state index < -0.39 is 0 Å². The summed E-state index contributed by atoms with van der Waals surface area (Å²) in [6, 6.07) is 9.87. The van der Waals surface area contributed by atoms with Crippen LogP contribution in [-0.2, 0) is 13.1 Å². The van der Waals surface area contributed by atoms with Crippen LogP contribution in [0.25, 0.3) is 5.69 Å². The van der Waals surface area contributed by atoms with Crippen LogP contribution in [0.15, 0.2) is 36.5 Å². The van der Waals surface area contributed by atoms with Crippen molar-refractivity contribution in [1.82, 2.24) is 30.0 Å².